The molecule has 3 rings (SSSR count). The molecule has 0 saturated carbocycles. The van der Waals surface area contributed by atoms with Crippen molar-refractivity contribution in [3.05, 3.63) is 16.1 Å². The zero-order valence-electron chi connectivity index (χ0n) is 11.3. The molecule has 2 aliphatic heterocycles. The van der Waals surface area contributed by atoms with E-state index in [9.17, 15) is 9.59 Å². The summed E-state index contributed by atoms with van der Waals surface area (Å²) in [5.74, 6) is -0.104. The van der Waals surface area contributed by atoms with Crippen molar-refractivity contribution in [2.24, 2.45) is 0 Å². The monoisotopic (exact) mass is 295 g/mol. The van der Waals surface area contributed by atoms with Gasteiger partial charge in [0.15, 0.2) is 0 Å². The van der Waals surface area contributed by atoms with E-state index in [0.717, 1.165) is 10.6 Å². The van der Waals surface area contributed by atoms with E-state index in [1.165, 1.54) is 4.90 Å². The number of nitrogens with one attached hydrogen (secondary N) is 1. The minimum absolute atomic E-state index is 0.104. The lowest BCUT2D eigenvalue weighted by Gasteiger charge is -2.30. The second-order valence-electron chi connectivity index (χ2n) is 5.19. The average molecular weight is 295 g/mol. The van der Waals surface area contributed by atoms with Crippen LogP contribution in [0.2, 0.25) is 0 Å². The van der Waals surface area contributed by atoms with Crippen LogP contribution in [0.3, 0.4) is 0 Å². The molecule has 0 aromatic carbocycles. The molecular formula is C13H17N3O3S. The summed E-state index contributed by atoms with van der Waals surface area (Å²) in [6.45, 7) is 3.40. The Balaban J connectivity index is 1.69. The maximum Gasteiger partial charge on any atom is 0.325 e. The fourth-order valence-electron chi connectivity index (χ4n) is 2.72. The molecule has 3 heterocycles. The Morgan fingerprint density at radius 2 is 2.20 bits per heavy atom. The van der Waals surface area contributed by atoms with Crippen LogP contribution in [0.5, 0.6) is 0 Å². The highest BCUT2D eigenvalue weighted by Crippen LogP contribution is 2.28. The molecular weight excluding hydrogens is 278 g/mol. The predicted molar refractivity (Wildman–Crippen MR) is 73.6 cm³/mol. The molecule has 0 aliphatic carbocycles. The first-order chi connectivity index (χ1) is 9.62. The Morgan fingerprint density at radius 3 is 2.85 bits per heavy atom. The smallest absolute Gasteiger partial charge is 0.325 e. The molecule has 7 heteroatoms. The highest BCUT2D eigenvalue weighted by atomic mass is 32.1. The van der Waals surface area contributed by atoms with E-state index in [4.69, 9.17) is 4.74 Å². The third-order valence-electron chi connectivity index (χ3n) is 4.00. The quantitative estimate of drug-likeness (QED) is 0.848. The van der Waals surface area contributed by atoms with Crippen LogP contribution in [-0.4, -0.2) is 47.1 Å². The number of hydrogen-bond acceptors (Lipinski definition) is 5. The summed E-state index contributed by atoms with van der Waals surface area (Å²) in [5.41, 5.74) is 2.04. The fourth-order valence-corrected chi connectivity index (χ4v) is 3.49. The van der Waals surface area contributed by atoms with Gasteiger partial charge in [-0.1, -0.05) is 0 Å². The third kappa shape index (κ3) is 2.20. The topological polar surface area (TPSA) is 71.5 Å². The first kappa shape index (κ1) is 13.5. The van der Waals surface area contributed by atoms with Crippen molar-refractivity contribution in [3.8, 4) is 0 Å². The van der Waals surface area contributed by atoms with E-state index < -0.39 is 5.54 Å². The van der Waals surface area contributed by atoms with Gasteiger partial charge in [0, 0.05) is 43.9 Å². The van der Waals surface area contributed by atoms with Crippen molar-refractivity contribution >= 4 is 23.3 Å². The summed E-state index contributed by atoms with van der Waals surface area (Å²) < 4.78 is 5.28. The number of ether oxygens (including phenoxy) is 1. The fraction of sp³-hybridized carbons (Fsp3) is 0.615. The zero-order chi connectivity index (χ0) is 14.2. The van der Waals surface area contributed by atoms with Gasteiger partial charge in [-0.15, -0.1) is 11.3 Å². The molecule has 6 nitrogen and oxygen atoms in total. The van der Waals surface area contributed by atoms with Gasteiger partial charge in [0.05, 0.1) is 11.2 Å². The standard InChI is InChI=1S/C13H17N3O3S/c1-9-10(20-8-14-9)2-5-16-11(17)13(15-12(16)18)3-6-19-7-4-13/h8H,2-7H2,1H3,(H,15,18). The van der Waals surface area contributed by atoms with Crippen LogP contribution in [0.15, 0.2) is 5.51 Å². The summed E-state index contributed by atoms with van der Waals surface area (Å²) in [5, 5.41) is 2.86. The number of carbonyl (C=O) groups is 2. The largest absolute Gasteiger partial charge is 0.381 e. The van der Waals surface area contributed by atoms with Crippen molar-refractivity contribution in [1.29, 1.82) is 0 Å². The van der Waals surface area contributed by atoms with Gasteiger partial charge in [-0.05, 0) is 6.92 Å². The lowest BCUT2D eigenvalue weighted by atomic mass is 9.90. The van der Waals surface area contributed by atoms with Crippen LogP contribution in [0.1, 0.15) is 23.4 Å². The van der Waals surface area contributed by atoms with E-state index in [1.807, 2.05) is 6.92 Å². The van der Waals surface area contributed by atoms with Crippen LogP contribution in [0.4, 0.5) is 4.79 Å². The van der Waals surface area contributed by atoms with Gasteiger partial charge in [0.2, 0.25) is 0 Å². The Kier molecular flexibility index (Phi) is 3.47. The SMILES string of the molecule is Cc1ncsc1CCN1C(=O)NC2(CCOCC2)C1=O. The van der Waals surface area contributed by atoms with Gasteiger partial charge in [0.1, 0.15) is 5.54 Å². The van der Waals surface area contributed by atoms with Gasteiger partial charge in [-0.3, -0.25) is 9.69 Å². The number of amides is 3. The molecule has 2 saturated heterocycles. The van der Waals surface area contributed by atoms with E-state index in [-0.39, 0.29) is 11.9 Å². The summed E-state index contributed by atoms with van der Waals surface area (Å²) in [6, 6.07) is -0.279. The van der Waals surface area contributed by atoms with Gasteiger partial charge in [-0.2, -0.15) is 0 Å². The second kappa shape index (κ2) is 5.14. The van der Waals surface area contributed by atoms with Gasteiger partial charge in [0.25, 0.3) is 5.91 Å². The molecule has 0 atom stereocenters. The van der Waals surface area contributed by atoms with Gasteiger partial charge < -0.3 is 10.1 Å². The molecule has 0 bridgehead atoms. The Morgan fingerprint density at radius 1 is 1.45 bits per heavy atom. The van der Waals surface area contributed by atoms with E-state index >= 15 is 0 Å². The Hall–Kier alpha value is -1.47. The maximum atomic E-state index is 12.5. The van der Waals surface area contributed by atoms with Crippen LogP contribution in [0, 0.1) is 6.92 Å². The van der Waals surface area contributed by atoms with Crippen molar-refractivity contribution < 1.29 is 14.3 Å². The first-order valence-corrected chi connectivity index (χ1v) is 7.61. The molecule has 1 aromatic heterocycles. The van der Waals surface area contributed by atoms with E-state index in [2.05, 4.69) is 10.3 Å². The Labute approximate surface area is 121 Å². The molecule has 2 aliphatic rings. The van der Waals surface area contributed by atoms with Crippen LogP contribution < -0.4 is 5.32 Å². The van der Waals surface area contributed by atoms with Gasteiger partial charge >= 0.3 is 6.03 Å². The minimum Gasteiger partial charge on any atom is -0.381 e. The molecule has 2 fully saturated rings. The van der Waals surface area contributed by atoms with Crippen molar-refractivity contribution in [3.63, 3.8) is 0 Å². The highest BCUT2D eigenvalue weighted by molar-refractivity contribution is 7.09. The second-order valence-corrected chi connectivity index (χ2v) is 6.13. The molecule has 1 aromatic rings. The predicted octanol–water partition coefficient (Wildman–Crippen LogP) is 1.10. The number of aromatic nitrogens is 1. The van der Waals surface area contributed by atoms with Gasteiger partial charge in [-0.25, -0.2) is 9.78 Å². The maximum absolute atomic E-state index is 12.5. The highest BCUT2D eigenvalue weighted by Gasteiger charge is 2.51. The van der Waals surface area contributed by atoms with E-state index in [1.54, 1.807) is 16.8 Å². The minimum atomic E-state index is -0.724. The molecule has 1 spiro atoms. The number of imide groups is 1. The zero-order valence-corrected chi connectivity index (χ0v) is 12.2. The molecule has 1 N–H and O–H groups in total. The number of rotatable bonds is 3. The van der Waals surface area contributed by atoms with Crippen LogP contribution in [-0.2, 0) is 16.0 Å². The van der Waals surface area contributed by atoms with E-state index in [0.29, 0.717) is 39.0 Å². The van der Waals surface area contributed by atoms with Crippen molar-refractivity contribution in [1.82, 2.24) is 15.2 Å². The summed E-state index contributed by atoms with van der Waals surface area (Å²) in [4.78, 5) is 31.2. The average Bonchev–Trinajstić information content (AvgIpc) is 2.93. The summed E-state index contributed by atoms with van der Waals surface area (Å²) in [6.07, 6.45) is 1.80. The van der Waals surface area contributed by atoms with Crippen molar-refractivity contribution in [2.45, 2.75) is 31.7 Å². The lowest BCUT2D eigenvalue weighted by Crippen LogP contribution is -2.51. The van der Waals surface area contributed by atoms with Crippen LogP contribution >= 0.6 is 11.3 Å². The third-order valence-corrected chi connectivity index (χ3v) is 4.99. The number of urea groups is 1. The number of nitrogens with zero attached hydrogens (tertiary/aromatic N) is 2. The summed E-state index contributed by atoms with van der Waals surface area (Å²) in [7, 11) is 0. The number of aryl methyl sites for hydroxylation is 1. The summed E-state index contributed by atoms with van der Waals surface area (Å²) >= 11 is 1.56. The number of carbonyl (C=O) groups excluding carboxylic acids is 2. The number of hydrogen-bond donors (Lipinski definition) is 1. The molecule has 3 amide bonds. The Bertz CT molecular complexity index is 537. The molecule has 0 unspecified atom stereocenters. The normalized spacial score (nSPS) is 21.6. The van der Waals surface area contributed by atoms with Crippen molar-refractivity contribution in [2.75, 3.05) is 19.8 Å². The lowest BCUT2D eigenvalue weighted by molar-refractivity contribution is -0.134. The molecule has 20 heavy (non-hydrogen) atoms. The first-order valence-electron chi connectivity index (χ1n) is 6.73. The van der Waals surface area contributed by atoms with Crippen LogP contribution in [0.25, 0.3) is 0 Å². The molecule has 0 radical (unpaired) electrons. The molecule has 108 valence electrons. The number of thiazole rings is 1.